The predicted molar refractivity (Wildman–Crippen MR) is 78.6 cm³/mol. The first-order chi connectivity index (χ1) is 10.1. The van der Waals surface area contributed by atoms with Crippen LogP contribution in [0.25, 0.3) is 11.1 Å². The first-order valence-corrected chi connectivity index (χ1v) is 7.38. The third-order valence-corrected chi connectivity index (χ3v) is 4.20. The molecule has 2 aromatic heterocycles. The third-order valence-electron chi connectivity index (χ3n) is 4.20. The molecule has 0 unspecified atom stereocenters. The van der Waals surface area contributed by atoms with Gasteiger partial charge in [0.1, 0.15) is 6.10 Å². The lowest BCUT2D eigenvalue weighted by Gasteiger charge is -2.27. The molecule has 4 rings (SSSR count). The van der Waals surface area contributed by atoms with Crippen molar-refractivity contribution in [3.05, 3.63) is 48.0 Å². The van der Waals surface area contributed by atoms with Crippen LogP contribution in [0, 0.1) is 0 Å². The van der Waals surface area contributed by atoms with Crippen LogP contribution in [0.2, 0.25) is 0 Å². The monoisotopic (exact) mass is 282 g/mol. The molecule has 1 fully saturated rings. The van der Waals surface area contributed by atoms with E-state index in [1.807, 2.05) is 44.6 Å². The molecule has 0 bridgehead atoms. The second-order valence-corrected chi connectivity index (χ2v) is 6.09. The molecular weight excluding hydrogens is 264 g/mol. The molecule has 1 aliphatic carbocycles. The van der Waals surface area contributed by atoms with Gasteiger partial charge in [-0.25, -0.2) is 0 Å². The average Bonchev–Trinajstić information content (AvgIpc) is 2.82. The van der Waals surface area contributed by atoms with E-state index in [2.05, 4.69) is 16.0 Å². The molecule has 0 N–H and O–H groups in total. The van der Waals surface area contributed by atoms with Crippen LogP contribution in [-0.4, -0.2) is 21.9 Å². The molecule has 0 amide bonds. The number of pyridine rings is 2. The standard InChI is InChI=1S/C17H18N2O2/c1-17(2)20-14-4-3-13-15(16(14)21-17)12(7-10-19-13)11-5-8-18-9-6-11/h5-10,14,16H,3-4H2,1-2H3/t14-,16-/m0/s1. The molecule has 0 saturated carbocycles. The van der Waals surface area contributed by atoms with Crippen LogP contribution in [0.1, 0.15) is 37.6 Å². The van der Waals surface area contributed by atoms with Crippen LogP contribution in [0.15, 0.2) is 36.8 Å². The van der Waals surface area contributed by atoms with Crippen LogP contribution in [0.3, 0.4) is 0 Å². The third kappa shape index (κ3) is 2.15. The molecule has 21 heavy (non-hydrogen) atoms. The summed E-state index contributed by atoms with van der Waals surface area (Å²) in [6, 6.07) is 6.12. The van der Waals surface area contributed by atoms with Crippen LogP contribution < -0.4 is 0 Å². The number of aryl methyl sites for hydroxylation is 1. The highest BCUT2D eigenvalue weighted by atomic mass is 16.7. The molecule has 4 heteroatoms. The topological polar surface area (TPSA) is 44.2 Å². The van der Waals surface area contributed by atoms with Crippen LogP contribution >= 0.6 is 0 Å². The van der Waals surface area contributed by atoms with E-state index in [1.54, 1.807) is 0 Å². The van der Waals surface area contributed by atoms with E-state index >= 15 is 0 Å². The highest BCUT2D eigenvalue weighted by Crippen LogP contribution is 2.46. The summed E-state index contributed by atoms with van der Waals surface area (Å²) in [5.74, 6) is -0.525. The number of hydrogen-bond acceptors (Lipinski definition) is 4. The predicted octanol–water partition coefficient (Wildman–Crippen LogP) is 3.28. The quantitative estimate of drug-likeness (QED) is 0.805. The lowest BCUT2D eigenvalue weighted by atomic mass is 9.86. The van der Waals surface area contributed by atoms with Crippen molar-refractivity contribution in [2.24, 2.45) is 0 Å². The second-order valence-electron chi connectivity index (χ2n) is 6.09. The van der Waals surface area contributed by atoms with E-state index in [0.29, 0.717) is 0 Å². The number of aromatic nitrogens is 2. The summed E-state index contributed by atoms with van der Waals surface area (Å²) in [6.45, 7) is 3.96. The Hall–Kier alpha value is -1.78. The zero-order valence-electron chi connectivity index (χ0n) is 12.2. The highest BCUT2D eigenvalue weighted by molar-refractivity contribution is 5.68. The number of nitrogens with zero attached hydrogens (tertiary/aromatic N) is 2. The van der Waals surface area contributed by atoms with Crippen molar-refractivity contribution in [2.75, 3.05) is 0 Å². The molecule has 0 aromatic carbocycles. The van der Waals surface area contributed by atoms with Crippen molar-refractivity contribution in [3.8, 4) is 11.1 Å². The SMILES string of the molecule is CC1(C)O[C@H]2CCc3nccc(-c4ccncc4)c3[C@H]2O1. The minimum absolute atomic E-state index is 0.0272. The van der Waals surface area contributed by atoms with E-state index in [9.17, 15) is 0 Å². The molecule has 0 spiro atoms. The van der Waals surface area contributed by atoms with Gasteiger partial charge in [0.05, 0.1) is 6.10 Å². The molecule has 4 nitrogen and oxygen atoms in total. The Morgan fingerprint density at radius 3 is 2.71 bits per heavy atom. The summed E-state index contributed by atoms with van der Waals surface area (Å²) < 4.78 is 12.2. The van der Waals surface area contributed by atoms with Crippen molar-refractivity contribution < 1.29 is 9.47 Å². The number of ether oxygens (including phenoxy) is 2. The fourth-order valence-electron chi connectivity index (χ4n) is 3.39. The van der Waals surface area contributed by atoms with E-state index < -0.39 is 5.79 Å². The molecule has 1 aliphatic heterocycles. The van der Waals surface area contributed by atoms with Gasteiger partial charge in [0.2, 0.25) is 0 Å². The van der Waals surface area contributed by atoms with Gasteiger partial charge in [0.25, 0.3) is 0 Å². The first kappa shape index (κ1) is 12.9. The highest BCUT2D eigenvalue weighted by Gasteiger charge is 2.45. The van der Waals surface area contributed by atoms with Gasteiger partial charge in [0, 0.05) is 29.8 Å². The summed E-state index contributed by atoms with van der Waals surface area (Å²) in [5.41, 5.74) is 4.65. The molecule has 108 valence electrons. The normalized spacial score (nSPS) is 26.2. The number of hydrogen-bond donors (Lipinski definition) is 0. The van der Waals surface area contributed by atoms with Gasteiger partial charge in [-0.15, -0.1) is 0 Å². The van der Waals surface area contributed by atoms with Crippen molar-refractivity contribution >= 4 is 0 Å². The molecule has 2 aromatic rings. The molecule has 3 heterocycles. The Kier molecular flexibility index (Phi) is 2.84. The summed E-state index contributed by atoms with van der Waals surface area (Å²) in [7, 11) is 0. The minimum Gasteiger partial charge on any atom is -0.344 e. The van der Waals surface area contributed by atoms with Crippen LogP contribution in [-0.2, 0) is 15.9 Å². The maximum atomic E-state index is 6.16. The maximum absolute atomic E-state index is 6.16. The smallest absolute Gasteiger partial charge is 0.164 e. The van der Waals surface area contributed by atoms with E-state index in [1.165, 1.54) is 11.1 Å². The van der Waals surface area contributed by atoms with Gasteiger partial charge in [-0.1, -0.05) is 0 Å². The molecule has 0 radical (unpaired) electrons. The van der Waals surface area contributed by atoms with E-state index in [4.69, 9.17) is 9.47 Å². The van der Waals surface area contributed by atoms with Gasteiger partial charge in [-0.05, 0) is 56.0 Å². The van der Waals surface area contributed by atoms with Gasteiger partial charge in [0.15, 0.2) is 5.79 Å². The van der Waals surface area contributed by atoms with Gasteiger partial charge in [-0.2, -0.15) is 0 Å². The zero-order valence-corrected chi connectivity index (χ0v) is 12.2. The van der Waals surface area contributed by atoms with Gasteiger partial charge < -0.3 is 9.47 Å². The Labute approximate surface area is 124 Å². The molecule has 2 aliphatic rings. The fraction of sp³-hybridized carbons (Fsp3) is 0.412. The Morgan fingerprint density at radius 2 is 1.90 bits per heavy atom. The van der Waals surface area contributed by atoms with Crippen molar-refractivity contribution in [3.63, 3.8) is 0 Å². The van der Waals surface area contributed by atoms with Crippen molar-refractivity contribution in [2.45, 2.75) is 44.7 Å². The molecule has 1 saturated heterocycles. The number of fused-ring (bicyclic) bond motifs is 3. The van der Waals surface area contributed by atoms with Crippen LogP contribution in [0.4, 0.5) is 0 Å². The van der Waals surface area contributed by atoms with E-state index in [-0.39, 0.29) is 12.2 Å². The van der Waals surface area contributed by atoms with Gasteiger partial charge in [-0.3, -0.25) is 9.97 Å². The number of rotatable bonds is 1. The summed E-state index contributed by atoms with van der Waals surface area (Å²) in [6.07, 6.45) is 7.52. The maximum Gasteiger partial charge on any atom is 0.164 e. The summed E-state index contributed by atoms with van der Waals surface area (Å²) in [5, 5.41) is 0. The minimum atomic E-state index is -0.525. The molecule has 2 atom stereocenters. The zero-order chi connectivity index (χ0) is 14.4. The van der Waals surface area contributed by atoms with Gasteiger partial charge >= 0.3 is 0 Å². The fourth-order valence-corrected chi connectivity index (χ4v) is 3.39. The first-order valence-electron chi connectivity index (χ1n) is 7.38. The summed E-state index contributed by atoms with van der Waals surface area (Å²) in [4.78, 5) is 8.66. The average molecular weight is 282 g/mol. The molecular formula is C17H18N2O2. The lowest BCUT2D eigenvalue weighted by molar-refractivity contribution is -0.146. The Balaban J connectivity index is 1.86. The Bertz CT molecular complexity index is 670. The summed E-state index contributed by atoms with van der Waals surface area (Å²) >= 11 is 0. The second kappa shape index (κ2) is 4.61. The largest absolute Gasteiger partial charge is 0.344 e. The van der Waals surface area contributed by atoms with Crippen molar-refractivity contribution in [1.29, 1.82) is 0 Å². The van der Waals surface area contributed by atoms with Crippen LogP contribution in [0.5, 0.6) is 0 Å². The van der Waals surface area contributed by atoms with Crippen molar-refractivity contribution in [1.82, 2.24) is 9.97 Å². The Morgan fingerprint density at radius 1 is 1.10 bits per heavy atom. The van der Waals surface area contributed by atoms with E-state index in [0.717, 1.165) is 24.1 Å². The lowest BCUT2D eigenvalue weighted by Crippen LogP contribution is -2.24.